The highest BCUT2D eigenvalue weighted by atomic mass is 19.4. The van der Waals surface area contributed by atoms with Crippen LogP contribution in [0.1, 0.15) is 30.7 Å². The van der Waals surface area contributed by atoms with Crippen molar-refractivity contribution in [3.63, 3.8) is 0 Å². The van der Waals surface area contributed by atoms with Crippen LogP contribution < -0.4 is 5.32 Å². The zero-order valence-corrected chi connectivity index (χ0v) is 14.7. The zero-order valence-electron chi connectivity index (χ0n) is 14.7. The zero-order chi connectivity index (χ0) is 19.1. The molecule has 0 saturated carbocycles. The van der Waals surface area contributed by atoms with Crippen LogP contribution in [0.2, 0.25) is 0 Å². The fraction of sp³-hybridized carbons (Fsp3) is 0.250. The predicted octanol–water partition coefficient (Wildman–Crippen LogP) is 5.41. The second-order valence-corrected chi connectivity index (χ2v) is 6.82. The van der Waals surface area contributed by atoms with E-state index in [0.717, 1.165) is 34.3 Å². The number of nitrogens with one attached hydrogen (secondary N) is 2. The number of hydrogen-bond acceptors (Lipinski definition) is 1. The monoisotopic (exact) mass is 360 g/mol. The smallest absolute Gasteiger partial charge is 0.358 e. The van der Waals surface area contributed by atoms with Crippen molar-refractivity contribution in [1.82, 2.24) is 4.98 Å². The standard InChI is InChI=1S/C20H19F3N2O/c1-12-17(15-6-4-5-7-16(15)24-12)19(2,3)18(26)25-14-10-8-13(9-11-14)20(21,22)23/h4-11,24H,1-3H3,(H,25,26). The second kappa shape index (κ2) is 6.20. The summed E-state index contributed by atoms with van der Waals surface area (Å²) in [5.74, 6) is -0.287. The third-order valence-electron chi connectivity index (χ3n) is 4.56. The lowest BCUT2D eigenvalue weighted by molar-refractivity contribution is -0.137. The quantitative estimate of drug-likeness (QED) is 0.644. The number of halogens is 3. The molecule has 0 bridgehead atoms. The van der Waals surface area contributed by atoms with E-state index in [-0.39, 0.29) is 5.91 Å². The summed E-state index contributed by atoms with van der Waals surface area (Å²) in [6.07, 6.45) is -4.40. The number of para-hydroxylation sites is 1. The first-order valence-electron chi connectivity index (χ1n) is 8.17. The number of rotatable bonds is 3. The van der Waals surface area contributed by atoms with Gasteiger partial charge in [-0.05, 0) is 56.7 Å². The van der Waals surface area contributed by atoms with E-state index in [9.17, 15) is 18.0 Å². The number of anilines is 1. The maximum absolute atomic E-state index is 12.9. The highest BCUT2D eigenvalue weighted by Crippen LogP contribution is 2.35. The van der Waals surface area contributed by atoms with Crippen LogP contribution in [0.25, 0.3) is 10.9 Å². The first kappa shape index (κ1) is 18.0. The van der Waals surface area contributed by atoms with E-state index in [0.29, 0.717) is 5.69 Å². The Kier molecular flexibility index (Phi) is 4.30. The molecule has 3 nitrogen and oxygen atoms in total. The summed E-state index contributed by atoms with van der Waals surface area (Å²) in [4.78, 5) is 16.1. The number of carbonyl (C=O) groups is 1. The molecule has 1 aromatic heterocycles. The number of alkyl halides is 3. The maximum atomic E-state index is 12.9. The van der Waals surface area contributed by atoms with Gasteiger partial charge in [-0.1, -0.05) is 18.2 Å². The van der Waals surface area contributed by atoms with Crippen molar-refractivity contribution in [2.45, 2.75) is 32.4 Å². The number of aryl methyl sites for hydroxylation is 1. The fourth-order valence-electron chi connectivity index (χ4n) is 3.23. The molecule has 1 heterocycles. The van der Waals surface area contributed by atoms with Crippen LogP contribution in [-0.4, -0.2) is 10.9 Å². The molecule has 26 heavy (non-hydrogen) atoms. The Hall–Kier alpha value is -2.76. The molecule has 0 fully saturated rings. The molecule has 0 radical (unpaired) electrons. The van der Waals surface area contributed by atoms with E-state index in [1.54, 1.807) is 13.8 Å². The van der Waals surface area contributed by atoms with Crippen LogP contribution in [0.15, 0.2) is 48.5 Å². The van der Waals surface area contributed by atoms with Crippen LogP contribution in [0.5, 0.6) is 0 Å². The first-order valence-corrected chi connectivity index (χ1v) is 8.17. The molecule has 0 unspecified atom stereocenters. The van der Waals surface area contributed by atoms with Crippen molar-refractivity contribution in [2.75, 3.05) is 5.32 Å². The summed E-state index contributed by atoms with van der Waals surface area (Å²) in [6.45, 7) is 5.51. The van der Waals surface area contributed by atoms with Crippen molar-refractivity contribution in [2.24, 2.45) is 0 Å². The van der Waals surface area contributed by atoms with Gasteiger partial charge in [0.05, 0.1) is 11.0 Å². The molecule has 136 valence electrons. The van der Waals surface area contributed by atoms with Crippen molar-refractivity contribution in [3.8, 4) is 0 Å². The Morgan fingerprint density at radius 3 is 2.23 bits per heavy atom. The van der Waals surface area contributed by atoms with Gasteiger partial charge in [0.2, 0.25) is 5.91 Å². The summed E-state index contributed by atoms with van der Waals surface area (Å²) in [7, 11) is 0. The summed E-state index contributed by atoms with van der Waals surface area (Å²) >= 11 is 0. The highest BCUT2D eigenvalue weighted by Gasteiger charge is 2.34. The van der Waals surface area contributed by atoms with E-state index in [2.05, 4.69) is 10.3 Å². The van der Waals surface area contributed by atoms with Crippen molar-refractivity contribution in [1.29, 1.82) is 0 Å². The summed E-state index contributed by atoms with van der Waals surface area (Å²) in [5, 5.41) is 3.68. The average Bonchev–Trinajstić information content (AvgIpc) is 2.90. The lowest BCUT2D eigenvalue weighted by atomic mass is 9.81. The average molecular weight is 360 g/mol. The normalized spacial score (nSPS) is 12.4. The fourth-order valence-corrected chi connectivity index (χ4v) is 3.23. The second-order valence-electron chi connectivity index (χ2n) is 6.82. The summed E-state index contributed by atoms with van der Waals surface area (Å²) < 4.78 is 38.0. The number of aromatic amines is 1. The molecule has 0 aliphatic carbocycles. The Morgan fingerprint density at radius 1 is 1.00 bits per heavy atom. The number of hydrogen-bond donors (Lipinski definition) is 2. The van der Waals surface area contributed by atoms with Gasteiger partial charge in [-0.3, -0.25) is 4.79 Å². The molecule has 3 aromatic rings. The molecule has 2 aromatic carbocycles. The molecule has 0 saturated heterocycles. The molecule has 6 heteroatoms. The minimum Gasteiger partial charge on any atom is -0.358 e. The lowest BCUT2D eigenvalue weighted by Crippen LogP contribution is -2.35. The third kappa shape index (κ3) is 3.19. The van der Waals surface area contributed by atoms with Gasteiger partial charge in [-0.25, -0.2) is 0 Å². The minimum atomic E-state index is -4.40. The van der Waals surface area contributed by atoms with Gasteiger partial charge in [0.1, 0.15) is 0 Å². The maximum Gasteiger partial charge on any atom is 0.416 e. The van der Waals surface area contributed by atoms with E-state index in [1.807, 2.05) is 31.2 Å². The Morgan fingerprint density at radius 2 is 1.62 bits per heavy atom. The van der Waals surface area contributed by atoms with Crippen LogP contribution in [0, 0.1) is 6.92 Å². The van der Waals surface area contributed by atoms with Crippen LogP contribution in [0.4, 0.5) is 18.9 Å². The first-order chi connectivity index (χ1) is 12.1. The van der Waals surface area contributed by atoms with Crippen LogP contribution >= 0.6 is 0 Å². The Labute approximate surface area is 149 Å². The molecule has 1 amide bonds. The Balaban J connectivity index is 1.90. The number of carbonyl (C=O) groups excluding carboxylic acids is 1. The van der Waals surface area contributed by atoms with Crippen molar-refractivity contribution in [3.05, 3.63) is 65.4 Å². The van der Waals surface area contributed by atoms with Gasteiger partial charge in [0, 0.05) is 22.3 Å². The predicted molar refractivity (Wildman–Crippen MR) is 96.1 cm³/mol. The number of benzene rings is 2. The Bertz CT molecular complexity index is 953. The summed E-state index contributed by atoms with van der Waals surface area (Å²) in [6, 6.07) is 12.1. The van der Waals surface area contributed by atoms with E-state index >= 15 is 0 Å². The largest absolute Gasteiger partial charge is 0.416 e. The molecular weight excluding hydrogens is 341 g/mol. The van der Waals surface area contributed by atoms with E-state index in [4.69, 9.17) is 0 Å². The topological polar surface area (TPSA) is 44.9 Å². The minimum absolute atomic E-state index is 0.287. The number of fused-ring (bicyclic) bond motifs is 1. The van der Waals surface area contributed by atoms with Crippen molar-refractivity contribution >= 4 is 22.5 Å². The number of aromatic nitrogens is 1. The lowest BCUT2D eigenvalue weighted by Gasteiger charge is -2.25. The van der Waals surface area contributed by atoms with Crippen molar-refractivity contribution < 1.29 is 18.0 Å². The van der Waals surface area contributed by atoms with Gasteiger partial charge in [0.25, 0.3) is 0 Å². The van der Waals surface area contributed by atoms with E-state index < -0.39 is 17.2 Å². The van der Waals surface area contributed by atoms with Crippen LogP contribution in [0.3, 0.4) is 0 Å². The molecule has 0 aliphatic rings. The molecule has 0 spiro atoms. The van der Waals surface area contributed by atoms with Gasteiger partial charge >= 0.3 is 6.18 Å². The number of H-pyrrole nitrogens is 1. The molecule has 0 atom stereocenters. The van der Waals surface area contributed by atoms with Gasteiger partial charge in [-0.15, -0.1) is 0 Å². The molecule has 2 N–H and O–H groups in total. The molecule has 0 aliphatic heterocycles. The third-order valence-corrected chi connectivity index (χ3v) is 4.56. The number of amides is 1. The molecule has 3 rings (SSSR count). The summed E-state index contributed by atoms with van der Waals surface area (Å²) in [5.41, 5.74) is 1.41. The molecular formula is C20H19F3N2O. The van der Waals surface area contributed by atoms with Crippen LogP contribution in [-0.2, 0) is 16.4 Å². The highest BCUT2D eigenvalue weighted by molar-refractivity contribution is 6.02. The van der Waals surface area contributed by atoms with Gasteiger partial charge in [0.15, 0.2) is 0 Å². The SMILES string of the molecule is Cc1[nH]c2ccccc2c1C(C)(C)C(=O)Nc1ccc(C(F)(F)F)cc1. The van der Waals surface area contributed by atoms with Gasteiger partial charge < -0.3 is 10.3 Å². The van der Waals surface area contributed by atoms with E-state index in [1.165, 1.54) is 12.1 Å². The van der Waals surface area contributed by atoms with Gasteiger partial charge in [-0.2, -0.15) is 13.2 Å².